The molecule has 1 amide bonds. The molecule has 4 aromatic heterocycles. The summed E-state index contributed by atoms with van der Waals surface area (Å²) in [6.07, 6.45) is 7.96. The fourth-order valence-corrected chi connectivity index (χ4v) is 4.70. The van der Waals surface area contributed by atoms with Gasteiger partial charge in [0.25, 0.3) is 5.91 Å². The molecule has 33 heavy (non-hydrogen) atoms. The number of hydrogen-bond donors (Lipinski definition) is 2. The molecule has 0 radical (unpaired) electrons. The summed E-state index contributed by atoms with van der Waals surface area (Å²) in [5.74, 6) is 0.964. The van der Waals surface area contributed by atoms with Crippen LogP contribution in [0.25, 0.3) is 33.1 Å². The van der Waals surface area contributed by atoms with Gasteiger partial charge in [0.15, 0.2) is 5.76 Å². The Hall–Kier alpha value is -4.21. The van der Waals surface area contributed by atoms with Crippen LogP contribution in [0, 0.1) is 0 Å². The van der Waals surface area contributed by atoms with Gasteiger partial charge >= 0.3 is 0 Å². The van der Waals surface area contributed by atoms with Gasteiger partial charge < -0.3 is 15.6 Å². The van der Waals surface area contributed by atoms with Crippen molar-refractivity contribution < 1.29 is 9.32 Å². The molecule has 6 rings (SSSR count). The third-order valence-corrected chi connectivity index (χ3v) is 6.31. The Morgan fingerprint density at radius 1 is 1.21 bits per heavy atom. The summed E-state index contributed by atoms with van der Waals surface area (Å²) >= 11 is 0. The smallest absolute Gasteiger partial charge is 0.251 e. The van der Waals surface area contributed by atoms with Crippen LogP contribution in [0.4, 0.5) is 5.82 Å². The number of aryl methyl sites for hydroxylation is 2. The van der Waals surface area contributed by atoms with Crippen molar-refractivity contribution in [3.8, 4) is 11.3 Å². The molecule has 0 aliphatic heterocycles. The lowest BCUT2D eigenvalue weighted by molar-refractivity contribution is 0.0924. The SMILES string of the molecule is Cn1cc(-c2noc3c2CCCC3NC(=O)c2ccc3nc(N)c4cnn(C)c4c3c2)cn1. The third-order valence-electron chi connectivity index (χ3n) is 6.31. The molecule has 4 heterocycles. The van der Waals surface area contributed by atoms with Gasteiger partial charge in [0.05, 0.1) is 34.9 Å². The number of pyridine rings is 1. The Morgan fingerprint density at radius 2 is 2.09 bits per heavy atom. The molecular formula is C23H22N8O2. The van der Waals surface area contributed by atoms with Crippen LogP contribution in [0.5, 0.6) is 0 Å². The van der Waals surface area contributed by atoms with Crippen LogP contribution in [0.2, 0.25) is 0 Å². The summed E-state index contributed by atoms with van der Waals surface area (Å²) in [6, 6.07) is 5.18. The number of hydrogen-bond acceptors (Lipinski definition) is 7. The van der Waals surface area contributed by atoms with E-state index in [0.29, 0.717) is 11.4 Å². The lowest BCUT2D eigenvalue weighted by atomic mass is 9.91. The summed E-state index contributed by atoms with van der Waals surface area (Å²) in [4.78, 5) is 17.7. The summed E-state index contributed by atoms with van der Waals surface area (Å²) in [5.41, 5.74) is 10.9. The van der Waals surface area contributed by atoms with Crippen LogP contribution in [-0.2, 0) is 20.5 Å². The van der Waals surface area contributed by atoms with Crippen molar-refractivity contribution in [2.24, 2.45) is 14.1 Å². The quantitative estimate of drug-likeness (QED) is 0.439. The van der Waals surface area contributed by atoms with Crippen molar-refractivity contribution in [1.29, 1.82) is 0 Å². The van der Waals surface area contributed by atoms with E-state index in [1.165, 1.54) is 0 Å². The predicted octanol–water partition coefficient (Wildman–Crippen LogP) is 2.90. The maximum Gasteiger partial charge on any atom is 0.251 e. The number of carbonyl (C=O) groups excluding carboxylic acids is 1. The Labute approximate surface area is 188 Å². The minimum Gasteiger partial charge on any atom is -0.383 e. The number of fused-ring (bicyclic) bond motifs is 4. The zero-order valence-electron chi connectivity index (χ0n) is 18.2. The monoisotopic (exact) mass is 442 g/mol. The highest BCUT2D eigenvalue weighted by atomic mass is 16.5. The Morgan fingerprint density at radius 3 is 2.91 bits per heavy atom. The molecule has 1 aromatic carbocycles. The highest BCUT2D eigenvalue weighted by Crippen LogP contribution is 2.36. The second-order valence-electron chi connectivity index (χ2n) is 8.45. The van der Waals surface area contributed by atoms with Gasteiger partial charge in [0.2, 0.25) is 0 Å². The van der Waals surface area contributed by atoms with Crippen LogP contribution in [-0.4, -0.2) is 35.6 Å². The molecule has 166 valence electrons. The number of nitrogens with zero attached hydrogens (tertiary/aromatic N) is 6. The average Bonchev–Trinajstić information content (AvgIpc) is 3.52. The number of anilines is 1. The Kier molecular flexibility index (Phi) is 4.22. The highest BCUT2D eigenvalue weighted by molar-refractivity contribution is 6.10. The molecule has 1 aliphatic rings. The van der Waals surface area contributed by atoms with Crippen molar-refractivity contribution in [3.05, 3.63) is 53.7 Å². The lowest BCUT2D eigenvalue weighted by Gasteiger charge is -2.21. The lowest BCUT2D eigenvalue weighted by Crippen LogP contribution is -2.30. The summed E-state index contributed by atoms with van der Waals surface area (Å²) in [7, 11) is 3.72. The molecule has 1 unspecified atom stereocenters. The van der Waals surface area contributed by atoms with Crippen molar-refractivity contribution in [2.45, 2.75) is 25.3 Å². The van der Waals surface area contributed by atoms with Gasteiger partial charge in [-0.1, -0.05) is 5.16 Å². The van der Waals surface area contributed by atoms with Gasteiger partial charge in [-0.25, -0.2) is 4.98 Å². The average molecular weight is 442 g/mol. The van der Waals surface area contributed by atoms with Crippen molar-refractivity contribution in [2.75, 3.05) is 5.73 Å². The molecule has 5 aromatic rings. The van der Waals surface area contributed by atoms with Crippen LogP contribution in [0.3, 0.4) is 0 Å². The van der Waals surface area contributed by atoms with E-state index in [1.807, 2.05) is 32.4 Å². The van der Waals surface area contributed by atoms with E-state index in [9.17, 15) is 4.79 Å². The fraction of sp³-hybridized carbons (Fsp3) is 0.261. The summed E-state index contributed by atoms with van der Waals surface area (Å²) < 4.78 is 9.19. The first-order chi connectivity index (χ1) is 16.0. The first kappa shape index (κ1) is 19.5. The molecule has 0 spiro atoms. The molecule has 1 atom stereocenters. The van der Waals surface area contributed by atoms with E-state index in [1.54, 1.807) is 27.8 Å². The van der Waals surface area contributed by atoms with E-state index in [0.717, 1.165) is 63.6 Å². The van der Waals surface area contributed by atoms with Crippen molar-refractivity contribution in [3.63, 3.8) is 0 Å². The van der Waals surface area contributed by atoms with Crippen LogP contribution >= 0.6 is 0 Å². The topological polar surface area (TPSA) is 130 Å². The number of aromatic nitrogens is 6. The van der Waals surface area contributed by atoms with Crippen LogP contribution < -0.4 is 11.1 Å². The minimum atomic E-state index is -0.240. The van der Waals surface area contributed by atoms with Crippen LogP contribution in [0.1, 0.15) is 40.6 Å². The van der Waals surface area contributed by atoms with Gasteiger partial charge in [-0.3, -0.25) is 14.2 Å². The first-order valence-electron chi connectivity index (χ1n) is 10.8. The molecule has 10 nitrogen and oxygen atoms in total. The maximum atomic E-state index is 13.2. The molecular weight excluding hydrogens is 420 g/mol. The van der Waals surface area contributed by atoms with E-state index < -0.39 is 0 Å². The Bertz CT molecular complexity index is 1540. The second kappa shape index (κ2) is 7.16. The van der Waals surface area contributed by atoms with Crippen LogP contribution in [0.15, 0.2) is 41.3 Å². The number of nitrogens with one attached hydrogen (secondary N) is 1. The number of nitrogen functional groups attached to an aromatic ring is 1. The van der Waals surface area contributed by atoms with Gasteiger partial charge in [0.1, 0.15) is 11.5 Å². The van der Waals surface area contributed by atoms with Gasteiger partial charge in [-0.2, -0.15) is 10.2 Å². The molecule has 0 saturated heterocycles. The minimum absolute atomic E-state index is 0.179. The highest BCUT2D eigenvalue weighted by Gasteiger charge is 2.30. The number of nitrogens with two attached hydrogens (primary N) is 1. The standard InChI is InChI=1S/C23H22N8O2/c1-30-11-13(9-25-30)19-14-4-3-5-18(21(14)33-29-19)28-23(32)12-6-7-17-15(8-12)20-16(22(24)27-17)10-26-31(20)2/h6-11,18H,3-5H2,1-2H3,(H2,24,27)(H,28,32). The van der Waals surface area contributed by atoms with E-state index >= 15 is 0 Å². The van der Waals surface area contributed by atoms with E-state index in [2.05, 4.69) is 25.7 Å². The number of benzene rings is 1. The molecule has 10 heteroatoms. The first-order valence-corrected chi connectivity index (χ1v) is 10.8. The summed E-state index contributed by atoms with van der Waals surface area (Å²) in [6.45, 7) is 0. The van der Waals surface area contributed by atoms with Gasteiger partial charge in [-0.15, -0.1) is 0 Å². The number of amides is 1. The molecule has 0 fully saturated rings. The second-order valence-corrected chi connectivity index (χ2v) is 8.45. The molecule has 0 saturated carbocycles. The van der Waals surface area contributed by atoms with Gasteiger partial charge in [0, 0.05) is 42.4 Å². The molecule has 0 bridgehead atoms. The Balaban J connectivity index is 1.33. The fourth-order valence-electron chi connectivity index (χ4n) is 4.70. The van der Waals surface area contributed by atoms with Crippen molar-refractivity contribution >= 4 is 33.5 Å². The summed E-state index contributed by atoms with van der Waals surface area (Å²) in [5, 5.41) is 17.5. The van der Waals surface area contributed by atoms with E-state index in [4.69, 9.17) is 10.3 Å². The molecule has 3 N–H and O–H groups in total. The maximum absolute atomic E-state index is 13.2. The zero-order valence-corrected chi connectivity index (χ0v) is 18.2. The number of rotatable bonds is 3. The third kappa shape index (κ3) is 3.05. The largest absolute Gasteiger partial charge is 0.383 e. The number of carbonyl (C=O) groups is 1. The van der Waals surface area contributed by atoms with Crippen molar-refractivity contribution in [1.82, 2.24) is 35.0 Å². The predicted molar refractivity (Wildman–Crippen MR) is 122 cm³/mol. The molecule has 1 aliphatic carbocycles. The van der Waals surface area contributed by atoms with E-state index in [-0.39, 0.29) is 11.9 Å². The van der Waals surface area contributed by atoms with Gasteiger partial charge in [-0.05, 0) is 37.5 Å². The normalized spacial score (nSPS) is 15.8. The zero-order chi connectivity index (χ0) is 22.7.